The van der Waals surface area contributed by atoms with Gasteiger partial charge in [0, 0.05) is 32.5 Å². The van der Waals surface area contributed by atoms with Gasteiger partial charge in [0.15, 0.2) is 23.9 Å². The van der Waals surface area contributed by atoms with E-state index in [9.17, 15) is 19.8 Å². The largest absolute Gasteiger partial charge is 0.454 e. The number of amides is 1. The molecule has 6 rings (SSSR count). The molecule has 3 saturated heterocycles. The number of Topliss-reactive ketones (excluding diaryl/α,β-unsaturated/α-hetero) is 1. The van der Waals surface area contributed by atoms with E-state index in [1.165, 1.54) is 12.0 Å². The smallest absolute Gasteiger partial charge is 0.254 e. The normalized spacial score (nSPS) is 37.0. The van der Waals surface area contributed by atoms with Crippen LogP contribution in [0.3, 0.4) is 0 Å². The lowest BCUT2D eigenvalue weighted by molar-refractivity contribution is -0.325. The van der Waals surface area contributed by atoms with Gasteiger partial charge in [0.25, 0.3) is 5.91 Å². The van der Waals surface area contributed by atoms with Crippen LogP contribution in [0.2, 0.25) is 0 Å². The number of aliphatic hydroxyl groups excluding tert-OH is 2. The summed E-state index contributed by atoms with van der Waals surface area (Å²) in [6, 6.07) is 3.61. The average Bonchev–Trinajstić information content (AvgIpc) is 3.13. The number of nitrogens with zero attached hydrogens (tertiary/aromatic N) is 1. The minimum absolute atomic E-state index is 0.0660. The lowest BCUT2D eigenvalue weighted by Gasteiger charge is -2.44. The van der Waals surface area contributed by atoms with Crippen molar-refractivity contribution in [3.8, 4) is 11.5 Å². The van der Waals surface area contributed by atoms with Crippen LogP contribution in [0.25, 0.3) is 0 Å². The van der Waals surface area contributed by atoms with Gasteiger partial charge in [-0.3, -0.25) is 9.59 Å². The number of methoxy groups -OCH3 is 1. The van der Waals surface area contributed by atoms with Crippen LogP contribution in [0, 0.1) is 0 Å². The SMILES string of the molecule is COC1C(CO)OC(OC2CC(=O)C3CCN(Cc4cc5c(cc43)OCO5)C(=O)C2O)C2OCOCOC12. The second-order valence-corrected chi connectivity index (χ2v) is 9.92. The van der Waals surface area contributed by atoms with Crippen LogP contribution in [0.5, 0.6) is 11.5 Å². The van der Waals surface area contributed by atoms with Crippen LogP contribution < -0.4 is 9.47 Å². The lowest BCUT2D eigenvalue weighted by Crippen LogP contribution is -2.62. The molecule has 8 unspecified atom stereocenters. The molecule has 1 amide bonds. The molecule has 13 nitrogen and oxygen atoms in total. The lowest BCUT2D eigenvalue weighted by atomic mass is 9.86. The topological polar surface area (TPSA) is 152 Å². The summed E-state index contributed by atoms with van der Waals surface area (Å²) in [6.07, 6.45) is -7.00. The summed E-state index contributed by atoms with van der Waals surface area (Å²) in [5, 5.41) is 21.1. The first-order chi connectivity index (χ1) is 18.5. The highest BCUT2D eigenvalue weighted by Gasteiger charge is 2.51. The molecular weight excluding hydrogens is 506 g/mol. The molecule has 5 aliphatic rings. The van der Waals surface area contributed by atoms with Crippen molar-refractivity contribution < 1.29 is 57.7 Å². The fraction of sp³-hybridized carbons (Fsp3) is 0.680. The predicted molar refractivity (Wildman–Crippen MR) is 123 cm³/mol. The van der Waals surface area contributed by atoms with Crippen molar-refractivity contribution in [3.05, 3.63) is 23.3 Å². The number of carbonyl (C=O) groups is 2. The quantitative estimate of drug-likeness (QED) is 0.504. The van der Waals surface area contributed by atoms with Crippen LogP contribution in [-0.2, 0) is 44.6 Å². The molecule has 0 saturated carbocycles. The molecule has 0 aromatic heterocycles. The summed E-state index contributed by atoms with van der Waals surface area (Å²) in [6.45, 7) is 0.00916. The van der Waals surface area contributed by atoms with Crippen molar-refractivity contribution in [2.45, 2.75) is 68.2 Å². The highest BCUT2D eigenvalue weighted by atomic mass is 16.8. The van der Waals surface area contributed by atoms with Gasteiger partial charge in [0.2, 0.25) is 6.79 Å². The molecular formula is C25H31NO12. The number of hydrogen-bond acceptors (Lipinski definition) is 12. The molecule has 5 heterocycles. The molecule has 13 heteroatoms. The highest BCUT2D eigenvalue weighted by Crippen LogP contribution is 2.42. The van der Waals surface area contributed by atoms with E-state index < -0.39 is 61.3 Å². The Morgan fingerprint density at radius 3 is 2.61 bits per heavy atom. The van der Waals surface area contributed by atoms with Gasteiger partial charge in [0.1, 0.15) is 49.9 Å². The zero-order chi connectivity index (χ0) is 26.4. The zero-order valence-electron chi connectivity index (χ0n) is 20.9. The van der Waals surface area contributed by atoms with Gasteiger partial charge in [-0.1, -0.05) is 0 Å². The molecule has 0 radical (unpaired) electrons. The van der Waals surface area contributed by atoms with Gasteiger partial charge < -0.3 is 53.0 Å². The van der Waals surface area contributed by atoms with Crippen LogP contribution in [0.4, 0.5) is 0 Å². The van der Waals surface area contributed by atoms with E-state index in [0.717, 1.165) is 11.1 Å². The first kappa shape index (κ1) is 25.9. The third-order valence-electron chi connectivity index (χ3n) is 7.81. The number of ketones is 1. The second-order valence-electron chi connectivity index (χ2n) is 9.92. The molecule has 3 fully saturated rings. The van der Waals surface area contributed by atoms with Gasteiger partial charge >= 0.3 is 0 Å². The number of aliphatic hydroxyl groups is 2. The number of fused-ring (bicyclic) bond motifs is 7. The van der Waals surface area contributed by atoms with Gasteiger partial charge in [-0.15, -0.1) is 0 Å². The summed E-state index contributed by atoms with van der Waals surface area (Å²) >= 11 is 0. The number of ether oxygens (including phenoxy) is 8. The highest BCUT2D eigenvalue weighted by molar-refractivity contribution is 5.90. The Bertz CT molecular complexity index is 1070. The van der Waals surface area contributed by atoms with E-state index in [4.69, 9.17) is 37.9 Å². The Labute approximate surface area is 218 Å². The van der Waals surface area contributed by atoms with Gasteiger partial charge in [-0.05, 0) is 29.7 Å². The monoisotopic (exact) mass is 537 g/mol. The minimum atomic E-state index is -1.63. The van der Waals surface area contributed by atoms with E-state index in [-0.39, 0.29) is 39.1 Å². The van der Waals surface area contributed by atoms with Crippen molar-refractivity contribution in [1.82, 2.24) is 4.90 Å². The van der Waals surface area contributed by atoms with E-state index in [1.54, 1.807) is 6.07 Å². The maximum Gasteiger partial charge on any atom is 0.254 e. The summed E-state index contributed by atoms with van der Waals surface area (Å²) in [4.78, 5) is 28.7. The molecule has 2 N–H and O–H groups in total. The fourth-order valence-electron chi connectivity index (χ4n) is 5.88. The van der Waals surface area contributed by atoms with Crippen LogP contribution in [-0.4, -0.2) is 110 Å². The Morgan fingerprint density at radius 2 is 1.84 bits per heavy atom. The summed E-state index contributed by atoms with van der Waals surface area (Å²) in [5.41, 5.74) is 1.56. The number of carbonyl (C=O) groups excluding carboxylic acids is 2. The molecule has 5 aliphatic heterocycles. The maximum atomic E-state index is 13.7. The molecule has 38 heavy (non-hydrogen) atoms. The Kier molecular flexibility index (Phi) is 7.26. The number of rotatable bonds is 4. The molecule has 1 aromatic carbocycles. The minimum Gasteiger partial charge on any atom is -0.454 e. The predicted octanol–water partition coefficient (Wildman–Crippen LogP) is -0.602. The number of hydrogen-bond donors (Lipinski definition) is 2. The van der Waals surface area contributed by atoms with E-state index in [0.29, 0.717) is 24.5 Å². The van der Waals surface area contributed by atoms with Gasteiger partial charge in [0.05, 0.1) is 6.61 Å². The molecule has 208 valence electrons. The first-order valence-electron chi connectivity index (χ1n) is 12.7. The maximum absolute atomic E-state index is 13.7. The van der Waals surface area contributed by atoms with E-state index >= 15 is 0 Å². The summed E-state index contributed by atoms with van der Waals surface area (Å²) in [5.74, 6) is -0.149. The van der Waals surface area contributed by atoms with Crippen molar-refractivity contribution in [2.24, 2.45) is 0 Å². The standard InChI is InChI=1S/C25H31NO12/c1-31-21-19(8-27)38-25(23-22(21)35-9-32-10-36-23)37-18-6-15(28)13-2-3-26(24(30)20(18)29)7-12-4-16-17(5-14(12)13)34-11-33-16/h4-5,13,18-23,25,27,29H,2-3,6-11H2,1H3. The van der Waals surface area contributed by atoms with Crippen LogP contribution in [0.1, 0.15) is 29.9 Å². The summed E-state index contributed by atoms with van der Waals surface area (Å²) < 4.78 is 45.4. The third-order valence-corrected chi connectivity index (χ3v) is 7.81. The summed E-state index contributed by atoms with van der Waals surface area (Å²) in [7, 11) is 1.46. The first-order valence-corrected chi connectivity index (χ1v) is 12.7. The molecule has 0 spiro atoms. The third kappa shape index (κ3) is 4.56. The number of benzene rings is 1. The molecule has 1 aromatic rings. The second kappa shape index (κ2) is 10.7. The van der Waals surface area contributed by atoms with Crippen LogP contribution >= 0.6 is 0 Å². The van der Waals surface area contributed by atoms with E-state index in [2.05, 4.69) is 0 Å². The van der Waals surface area contributed by atoms with Crippen molar-refractivity contribution in [2.75, 3.05) is 40.6 Å². The van der Waals surface area contributed by atoms with E-state index in [1.807, 2.05) is 6.07 Å². The Morgan fingerprint density at radius 1 is 1.08 bits per heavy atom. The average molecular weight is 538 g/mol. The van der Waals surface area contributed by atoms with Gasteiger partial charge in [-0.2, -0.15) is 0 Å². The Balaban J connectivity index is 1.30. The van der Waals surface area contributed by atoms with Crippen LogP contribution in [0.15, 0.2) is 12.1 Å². The van der Waals surface area contributed by atoms with Crippen molar-refractivity contribution in [3.63, 3.8) is 0 Å². The molecule has 2 bridgehead atoms. The Hall–Kier alpha value is -2.36. The fourth-order valence-corrected chi connectivity index (χ4v) is 5.88. The zero-order valence-corrected chi connectivity index (χ0v) is 20.9. The molecule has 0 aliphatic carbocycles. The van der Waals surface area contributed by atoms with Crippen molar-refractivity contribution >= 4 is 11.7 Å². The van der Waals surface area contributed by atoms with Crippen molar-refractivity contribution in [1.29, 1.82) is 0 Å². The van der Waals surface area contributed by atoms with Gasteiger partial charge in [-0.25, -0.2) is 0 Å². The molecule has 8 atom stereocenters.